The minimum Gasteiger partial charge on any atom is -0.383 e. The minimum atomic E-state index is -0.0549. The Bertz CT molecular complexity index is 601. The molecule has 0 aliphatic heterocycles. The molecule has 0 aliphatic rings. The van der Waals surface area contributed by atoms with Crippen molar-refractivity contribution in [2.75, 3.05) is 13.7 Å². The zero-order chi connectivity index (χ0) is 15.8. The lowest BCUT2D eigenvalue weighted by Crippen LogP contribution is -2.35. The molecule has 0 saturated carbocycles. The van der Waals surface area contributed by atoms with Gasteiger partial charge in [0.15, 0.2) is 0 Å². The maximum absolute atomic E-state index is 12.4. The number of carbonyl (C=O) groups is 1. The number of thioether (sulfide) groups is 1. The SMILES string of the molecule is COCC(C)NC(=O)c1ccccc1SCc1ccccc1. The highest BCUT2D eigenvalue weighted by atomic mass is 32.2. The van der Waals surface area contributed by atoms with E-state index in [1.807, 2.05) is 49.4 Å². The largest absolute Gasteiger partial charge is 0.383 e. The number of amides is 1. The Kier molecular flexibility index (Phi) is 6.49. The molecular weight excluding hydrogens is 294 g/mol. The molecule has 0 bridgehead atoms. The fourth-order valence-corrected chi connectivity index (χ4v) is 3.11. The quantitative estimate of drug-likeness (QED) is 0.791. The summed E-state index contributed by atoms with van der Waals surface area (Å²) in [5, 5.41) is 2.96. The van der Waals surface area contributed by atoms with Gasteiger partial charge in [0, 0.05) is 23.8 Å². The lowest BCUT2D eigenvalue weighted by molar-refractivity contribution is 0.0902. The highest BCUT2D eigenvalue weighted by Crippen LogP contribution is 2.26. The molecule has 2 aromatic carbocycles. The maximum atomic E-state index is 12.4. The van der Waals surface area contributed by atoms with E-state index >= 15 is 0 Å². The second-order valence-corrected chi connectivity index (χ2v) is 6.12. The van der Waals surface area contributed by atoms with E-state index in [0.717, 1.165) is 10.6 Å². The summed E-state index contributed by atoms with van der Waals surface area (Å²) in [5.74, 6) is 0.791. The average Bonchev–Trinajstić information content (AvgIpc) is 2.54. The van der Waals surface area contributed by atoms with E-state index in [2.05, 4.69) is 17.4 Å². The van der Waals surface area contributed by atoms with Crippen LogP contribution in [-0.4, -0.2) is 25.7 Å². The third-order valence-corrected chi connectivity index (χ3v) is 4.31. The minimum absolute atomic E-state index is 0.00956. The Balaban J connectivity index is 2.04. The molecule has 0 heterocycles. The number of rotatable bonds is 7. The van der Waals surface area contributed by atoms with Crippen LogP contribution in [0.4, 0.5) is 0 Å². The number of hydrogen-bond acceptors (Lipinski definition) is 3. The average molecular weight is 315 g/mol. The van der Waals surface area contributed by atoms with E-state index in [0.29, 0.717) is 12.2 Å². The molecule has 116 valence electrons. The zero-order valence-corrected chi connectivity index (χ0v) is 13.7. The van der Waals surface area contributed by atoms with Crippen molar-refractivity contribution in [3.63, 3.8) is 0 Å². The second-order valence-electron chi connectivity index (χ2n) is 5.10. The predicted molar refractivity (Wildman–Crippen MR) is 91.2 cm³/mol. The first-order chi connectivity index (χ1) is 10.7. The summed E-state index contributed by atoms with van der Waals surface area (Å²) in [6.07, 6.45) is 0. The Labute approximate surface area is 136 Å². The van der Waals surface area contributed by atoms with Crippen molar-refractivity contribution in [1.29, 1.82) is 0 Å². The molecule has 0 aliphatic carbocycles. The molecule has 1 amide bonds. The number of carbonyl (C=O) groups excluding carboxylic acids is 1. The molecule has 2 aromatic rings. The Morgan fingerprint density at radius 3 is 2.55 bits per heavy atom. The Morgan fingerprint density at radius 2 is 1.82 bits per heavy atom. The second kappa shape index (κ2) is 8.61. The molecule has 2 rings (SSSR count). The van der Waals surface area contributed by atoms with Crippen LogP contribution in [0, 0.1) is 0 Å². The predicted octanol–water partition coefficient (Wildman–Crippen LogP) is 3.74. The summed E-state index contributed by atoms with van der Waals surface area (Å²) in [5.41, 5.74) is 1.96. The van der Waals surface area contributed by atoms with Crippen LogP contribution in [0.5, 0.6) is 0 Å². The molecule has 0 fully saturated rings. The van der Waals surface area contributed by atoms with Crippen LogP contribution in [0.15, 0.2) is 59.5 Å². The lowest BCUT2D eigenvalue weighted by Gasteiger charge is -2.14. The fraction of sp³-hybridized carbons (Fsp3) is 0.278. The standard InChI is InChI=1S/C18H21NO2S/c1-14(12-21-2)19-18(20)16-10-6-7-11-17(16)22-13-15-8-4-3-5-9-15/h3-11,14H,12-13H2,1-2H3,(H,19,20). The molecule has 0 spiro atoms. The number of ether oxygens (including phenoxy) is 1. The van der Waals surface area contributed by atoms with Gasteiger partial charge in [-0.05, 0) is 24.6 Å². The van der Waals surface area contributed by atoms with Crippen LogP contribution in [0.2, 0.25) is 0 Å². The van der Waals surface area contributed by atoms with E-state index in [4.69, 9.17) is 4.74 Å². The molecular formula is C18H21NO2S. The number of benzene rings is 2. The maximum Gasteiger partial charge on any atom is 0.252 e. The smallest absolute Gasteiger partial charge is 0.252 e. The molecule has 1 N–H and O–H groups in total. The van der Waals surface area contributed by atoms with Gasteiger partial charge < -0.3 is 10.1 Å². The van der Waals surface area contributed by atoms with Crippen LogP contribution in [-0.2, 0) is 10.5 Å². The van der Waals surface area contributed by atoms with Crippen molar-refractivity contribution >= 4 is 17.7 Å². The first kappa shape index (κ1) is 16.6. The van der Waals surface area contributed by atoms with Crippen molar-refractivity contribution in [2.24, 2.45) is 0 Å². The van der Waals surface area contributed by atoms with E-state index in [9.17, 15) is 4.79 Å². The summed E-state index contributed by atoms with van der Waals surface area (Å²) in [4.78, 5) is 13.4. The van der Waals surface area contributed by atoms with Gasteiger partial charge in [0.1, 0.15) is 0 Å². The molecule has 1 unspecified atom stereocenters. The van der Waals surface area contributed by atoms with Gasteiger partial charge in [-0.3, -0.25) is 4.79 Å². The molecule has 4 heteroatoms. The van der Waals surface area contributed by atoms with E-state index in [1.165, 1.54) is 5.56 Å². The monoisotopic (exact) mass is 315 g/mol. The third-order valence-electron chi connectivity index (χ3n) is 3.16. The molecule has 0 aromatic heterocycles. The number of methoxy groups -OCH3 is 1. The van der Waals surface area contributed by atoms with Crippen molar-refractivity contribution in [3.8, 4) is 0 Å². The summed E-state index contributed by atoms with van der Waals surface area (Å²) in [6, 6.07) is 17.9. The van der Waals surface area contributed by atoms with Gasteiger partial charge in [-0.25, -0.2) is 0 Å². The van der Waals surface area contributed by atoms with Crippen molar-refractivity contribution in [3.05, 3.63) is 65.7 Å². The van der Waals surface area contributed by atoms with Gasteiger partial charge in [0.05, 0.1) is 12.2 Å². The van der Waals surface area contributed by atoms with Gasteiger partial charge in [0.25, 0.3) is 5.91 Å². The fourth-order valence-electron chi connectivity index (χ4n) is 2.11. The van der Waals surface area contributed by atoms with Crippen LogP contribution in [0.25, 0.3) is 0 Å². The van der Waals surface area contributed by atoms with Gasteiger partial charge in [-0.15, -0.1) is 11.8 Å². The summed E-state index contributed by atoms with van der Waals surface area (Å²) >= 11 is 1.68. The number of hydrogen-bond donors (Lipinski definition) is 1. The van der Waals surface area contributed by atoms with E-state index in [1.54, 1.807) is 18.9 Å². The summed E-state index contributed by atoms with van der Waals surface area (Å²) in [6.45, 7) is 2.44. The molecule has 3 nitrogen and oxygen atoms in total. The van der Waals surface area contributed by atoms with Crippen LogP contribution in [0.1, 0.15) is 22.8 Å². The Morgan fingerprint density at radius 1 is 1.14 bits per heavy atom. The molecule has 0 radical (unpaired) electrons. The van der Waals surface area contributed by atoms with Gasteiger partial charge in [-0.2, -0.15) is 0 Å². The topological polar surface area (TPSA) is 38.3 Å². The van der Waals surface area contributed by atoms with Crippen LogP contribution >= 0.6 is 11.8 Å². The lowest BCUT2D eigenvalue weighted by atomic mass is 10.2. The Hall–Kier alpha value is -1.78. The first-order valence-electron chi connectivity index (χ1n) is 7.26. The number of nitrogens with one attached hydrogen (secondary N) is 1. The van der Waals surface area contributed by atoms with Gasteiger partial charge >= 0.3 is 0 Å². The molecule has 22 heavy (non-hydrogen) atoms. The van der Waals surface area contributed by atoms with Crippen molar-refractivity contribution in [2.45, 2.75) is 23.6 Å². The van der Waals surface area contributed by atoms with Crippen LogP contribution in [0.3, 0.4) is 0 Å². The zero-order valence-electron chi connectivity index (χ0n) is 12.9. The van der Waals surface area contributed by atoms with E-state index < -0.39 is 0 Å². The first-order valence-corrected chi connectivity index (χ1v) is 8.25. The highest BCUT2D eigenvalue weighted by Gasteiger charge is 2.13. The third kappa shape index (κ3) is 4.90. The van der Waals surface area contributed by atoms with Gasteiger partial charge in [-0.1, -0.05) is 42.5 Å². The summed E-state index contributed by atoms with van der Waals surface area (Å²) < 4.78 is 5.06. The van der Waals surface area contributed by atoms with Crippen molar-refractivity contribution in [1.82, 2.24) is 5.32 Å². The summed E-state index contributed by atoms with van der Waals surface area (Å²) in [7, 11) is 1.63. The molecule has 0 saturated heterocycles. The molecule has 1 atom stereocenters. The van der Waals surface area contributed by atoms with Crippen LogP contribution < -0.4 is 5.32 Å². The highest BCUT2D eigenvalue weighted by molar-refractivity contribution is 7.98. The normalized spacial score (nSPS) is 11.9. The van der Waals surface area contributed by atoms with Gasteiger partial charge in [0.2, 0.25) is 0 Å². The van der Waals surface area contributed by atoms with Crippen molar-refractivity contribution < 1.29 is 9.53 Å². The van der Waals surface area contributed by atoms with E-state index in [-0.39, 0.29) is 11.9 Å².